The van der Waals surface area contributed by atoms with E-state index >= 15 is 0 Å². The molecule has 0 fully saturated rings. The summed E-state index contributed by atoms with van der Waals surface area (Å²) in [5.74, 6) is -1.28. The molecule has 3 amide bonds. The molecule has 5 N–H and O–H groups in total. The number of hydrogen-bond acceptors (Lipinski definition) is 4. The van der Waals surface area contributed by atoms with Crippen LogP contribution >= 0.6 is 0 Å². The van der Waals surface area contributed by atoms with Gasteiger partial charge in [-0.05, 0) is 23.3 Å². The second-order valence-corrected chi connectivity index (χ2v) is 7.26. The van der Waals surface area contributed by atoms with Crippen LogP contribution in [0, 0.1) is 0 Å². The summed E-state index contributed by atoms with van der Waals surface area (Å²) in [7, 11) is 0. The van der Waals surface area contributed by atoms with Crippen LogP contribution in [0.5, 0.6) is 0 Å². The number of H-pyrrole nitrogens is 1. The van der Waals surface area contributed by atoms with Crippen LogP contribution in [0.25, 0.3) is 21.8 Å². The number of aromatic nitrogens is 1. The molecule has 3 aromatic carbocycles. The molecule has 0 saturated heterocycles. The summed E-state index contributed by atoms with van der Waals surface area (Å²) in [6.07, 6.45) is 0. The lowest BCUT2D eigenvalue weighted by molar-refractivity contribution is 0.0879. The van der Waals surface area contributed by atoms with Gasteiger partial charge in [-0.15, -0.1) is 0 Å². The average Bonchev–Trinajstić information content (AvgIpc) is 3.28. The van der Waals surface area contributed by atoms with E-state index in [2.05, 4.69) is 15.6 Å². The van der Waals surface area contributed by atoms with Crippen molar-refractivity contribution >= 4 is 39.5 Å². The van der Waals surface area contributed by atoms with Crippen molar-refractivity contribution < 1.29 is 14.4 Å². The molecule has 0 saturated carbocycles. The number of carbonyl (C=O) groups excluding carboxylic acids is 3. The van der Waals surface area contributed by atoms with Gasteiger partial charge in [0.25, 0.3) is 17.7 Å². The third-order valence-corrected chi connectivity index (χ3v) is 5.41. The number of aromatic amines is 1. The molecule has 7 heteroatoms. The van der Waals surface area contributed by atoms with Crippen molar-refractivity contribution in [2.45, 2.75) is 13.1 Å². The minimum Gasteiger partial charge on any atom is -0.354 e. The lowest BCUT2D eigenvalue weighted by Crippen LogP contribution is -2.23. The number of rotatable bonds is 4. The molecular weight excluding hydrogens is 380 g/mol. The van der Waals surface area contributed by atoms with E-state index in [0.29, 0.717) is 35.1 Å². The highest BCUT2D eigenvalue weighted by Gasteiger charge is 2.32. The van der Waals surface area contributed by atoms with Gasteiger partial charge in [-0.1, -0.05) is 42.5 Å². The number of hydrogen-bond donors (Lipinski definition) is 4. The Morgan fingerprint density at radius 3 is 2.60 bits per heavy atom. The lowest BCUT2D eigenvalue weighted by atomic mass is 9.98. The van der Waals surface area contributed by atoms with Crippen LogP contribution in [-0.4, -0.2) is 22.7 Å². The first kappa shape index (κ1) is 18.1. The molecule has 148 valence electrons. The Morgan fingerprint density at radius 1 is 0.967 bits per heavy atom. The van der Waals surface area contributed by atoms with E-state index in [1.807, 2.05) is 48.5 Å². The molecule has 1 aliphatic heterocycles. The van der Waals surface area contributed by atoms with E-state index in [-0.39, 0.29) is 11.5 Å². The Hall–Kier alpha value is -3.97. The number of para-hydroxylation sites is 1. The monoisotopic (exact) mass is 398 g/mol. The number of imide groups is 1. The molecule has 30 heavy (non-hydrogen) atoms. The fourth-order valence-electron chi connectivity index (χ4n) is 4.00. The second kappa shape index (κ2) is 6.82. The second-order valence-electron chi connectivity index (χ2n) is 7.26. The van der Waals surface area contributed by atoms with Gasteiger partial charge in [-0.25, -0.2) is 0 Å². The van der Waals surface area contributed by atoms with Gasteiger partial charge in [0.1, 0.15) is 0 Å². The normalized spacial score (nSPS) is 13.0. The minimum atomic E-state index is -0.494. The van der Waals surface area contributed by atoms with Crippen molar-refractivity contribution in [2.75, 3.05) is 0 Å². The Kier molecular flexibility index (Phi) is 4.11. The fourth-order valence-corrected chi connectivity index (χ4v) is 4.00. The van der Waals surface area contributed by atoms with Gasteiger partial charge >= 0.3 is 0 Å². The predicted octanol–water partition coefficient (Wildman–Crippen LogP) is 2.59. The number of nitrogens with one attached hydrogen (secondary N) is 3. The Balaban J connectivity index is 1.61. The van der Waals surface area contributed by atoms with Crippen LogP contribution in [0.1, 0.15) is 42.2 Å². The molecule has 0 bridgehead atoms. The van der Waals surface area contributed by atoms with Crippen molar-refractivity contribution in [2.24, 2.45) is 5.73 Å². The molecule has 0 aliphatic carbocycles. The van der Waals surface area contributed by atoms with Gasteiger partial charge in [0.05, 0.1) is 22.2 Å². The summed E-state index contributed by atoms with van der Waals surface area (Å²) in [5, 5.41) is 6.61. The first-order valence-corrected chi connectivity index (χ1v) is 9.56. The summed E-state index contributed by atoms with van der Waals surface area (Å²) in [6.45, 7) is 0.738. The summed E-state index contributed by atoms with van der Waals surface area (Å²) in [4.78, 5) is 41.1. The zero-order chi connectivity index (χ0) is 20.8. The van der Waals surface area contributed by atoms with Crippen LogP contribution in [-0.2, 0) is 13.1 Å². The largest absolute Gasteiger partial charge is 0.354 e. The standard InChI is InChI=1S/C23H18N4O3/c24-10-12-4-3-5-13(8-12)11-25-21(28)16-9-15-19(23(30)27-22(15)29)18-14-6-1-2-7-17(14)26-20(16)18/h1-9,26H,10-11,24H2,(H,25,28)(H,27,29,30). The molecule has 7 nitrogen and oxygen atoms in total. The topological polar surface area (TPSA) is 117 Å². The Labute approximate surface area is 171 Å². The number of benzene rings is 3. The summed E-state index contributed by atoms with van der Waals surface area (Å²) in [5.41, 5.74) is 9.75. The predicted molar refractivity (Wildman–Crippen MR) is 113 cm³/mol. The average molecular weight is 398 g/mol. The van der Waals surface area contributed by atoms with Crippen molar-refractivity contribution in [1.82, 2.24) is 15.6 Å². The number of fused-ring (bicyclic) bond motifs is 5. The first-order valence-electron chi connectivity index (χ1n) is 9.56. The highest BCUT2D eigenvalue weighted by Crippen LogP contribution is 2.35. The van der Waals surface area contributed by atoms with Crippen molar-refractivity contribution in [3.63, 3.8) is 0 Å². The molecule has 4 aromatic rings. The summed E-state index contributed by atoms with van der Waals surface area (Å²) >= 11 is 0. The van der Waals surface area contributed by atoms with Crippen LogP contribution in [0.15, 0.2) is 54.6 Å². The molecule has 0 atom stereocenters. The molecule has 1 aliphatic rings. The zero-order valence-electron chi connectivity index (χ0n) is 15.9. The van der Waals surface area contributed by atoms with Crippen LogP contribution in [0.4, 0.5) is 0 Å². The van der Waals surface area contributed by atoms with Crippen LogP contribution in [0.3, 0.4) is 0 Å². The van der Waals surface area contributed by atoms with E-state index in [0.717, 1.165) is 22.0 Å². The van der Waals surface area contributed by atoms with Gasteiger partial charge in [0.2, 0.25) is 0 Å². The third-order valence-electron chi connectivity index (χ3n) is 5.41. The maximum atomic E-state index is 13.1. The molecule has 1 aromatic heterocycles. The molecular formula is C23H18N4O3. The SMILES string of the molecule is NCc1cccc(CNC(=O)c2cc3c(c4c2[nH]c2ccccc24)C(=O)NC3=O)c1. The first-order chi connectivity index (χ1) is 14.6. The molecule has 2 heterocycles. The van der Waals surface area contributed by atoms with Gasteiger partial charge in [0, 0.05) is 29.4 Å². The highest BCUT2D eigenvalue weighted by atomic mass is 16.2. The van der Waals surface area contributed by atoms with Crippen molar-refractivity contribution in [3.05, 3.63) is 82.4 Å². The van der Waals surface area contributed by atoms with Gasteiger partial charge < -0.3 is 16.0 Å². The highest BCUT2D eigenvalue weighted by molar-refractivity contribution is 6.32. The molecule has 5 rings (SSSR count). The van der Waals surface area contributed by atoms with Crippen molar-refractivity contribution in [3.8, 4) is 0 Å². The van der Waals surface area contributed by atoms with E-state index in [9.17, 15) is 14.4 Å². The number of nitrogens with two attached hydrogens (primary N) is 1. The fraction of sp³-hybridized carbons (Fsp3) is 0.0870. The van der Waals surface area contributed by atoms with Gasteiger partial charge in [-0.3, -0.25) is 19.7 Å². The molecule has 0 radical (unpaired) electrons. The third kappa shape index (κ3) is 2.75. The maximum absolute atomic E-state index is 13.1. The number of amides is 3. The lowest BCUT2D eigenvalue weighted by Gasteiger charge is -2.09. The smallest absolute Gasteiger partial charge is 0.259 e. The van der Waals surface area contributed by atoms with Crippen molar-refractivity contribution in [1.29, 1.82) is 0 Å². The van der Waals surface area contributed by atoms with E-state index in [4.69, 9.17) is 5.73 Å². The Bertz CT molecular complexity index is 1370. The molecule has 0 unspecified atom stereocenters. The Morgan fingerprint density at radius 2 is 1.77 bits per heavy atom. The van der Waals surface area contributed by atoms with Crippen LogP contribution in [0.2, 0.25) is 0 Å². The van der Waals surface area contributed by atoms with Gasteiger partial charge in [-0.2, -0.15) is 0 Å². The molecule has 0 spiro atoms. The summed E-state index contributed by atoms with van der Waals surface area (Å²) in [6, 6.07) is 16.6. The number of carbonyl (C=O) groups is 3. The van der Waals surface area contributed by atoms with E-state index < -0.39 is 11.8 Å². The minimum absolute atomic E-state index is 0.215. The van der Waals surface area contributed by atoms with E-state index in [1.165, 1.54) is 6.07 Å². The zero-order valence-corrected chi connectivity index (χ0v) is 15.9. The van der Waals surface area contributed by atoms with E-state index in [1.54, 1.807) is 0 Å². The maximum Gasteiger partial charge on any atom is 0.259 e. The quantitative estimate of drug-likeness (QED) is 0.395. The van der Waals surface area contributed by atoms with Crippen LogP contribution < -0.4 is 16.4 Å². The summed E-state index contributed by atoms with van der Waals surface area (Å²) < 4.78 is 0. The van der Waals surface area contributed by atoms with Gasteiger partial charge in [0.15, 0.2) is 0 Å².